The molecule has 2 aromatic rings. The Bertz CT molecular complexity index is 906. The minimum Gasteiger partial charge on any atom is -0.493 e. The van der Waals surface area contributed by atoms with Crippen LogP contribution >= 0.6 is 0 Å². The van der Waals surface area contributed by atoms with E-state index in [9.17, 15) is 26.7 Å². The number of alkyl halides is 5. The van der Waals surface area contributed by atoms with Crippen molar-refractivity contribution in [2.45, 2.75) is 19.2 Å². The standard InChI is InChI=1S/C20H20F5N3O3/c1-30-15-5-2-4-14(17(15)31-19(21)22)18(29)28-9-3-8-27(10-11-28)16-7-6-13(12-26-16)20(23,24)25/h2,4-7,12,19H,3,8-11H2,1H3. The number of anilines is 1. The number of hydrogen-bond donors (Lipinski definition) is 0. The zero-order valence-corrected chi connectivity index (χ0v) is 16.5. The average Bonchev–Trinajstić information content (AvgIpc) is 2.99. The van der Waals surface area contributed by atoms with E-state index in [0.717, 1.165) is 12.3 Å². The average molecular weight is 445 g/mol. The van der Waals surface area contributed by atoms with Gasteiger partial charge in [0.1, 0.15) is 5.82 Å². The Hall–Kier alpha value is -3.11. The van der Waals surface area contributed by atoms with Crippen molar-refractivity contribution in [2.75, 3.05) is 38.2 Å². The van der Waals surface area contributed by atoms with Gasteiger partial charge in [0.15, 0.2) is 11.5 Å². The van der Waals surface area contributed by atoms with Crippen molar-refractivity contribution in [1.82, 2.24) is 9.88 Å². The summed E-state index contributed by atoms with van der Waals surface area (Å²) in [4.78, 5) is 20.2. The molecule has 0 atom stereocenters. The summed E-state index contributed by atoms with van der Waals surface area (Å²) in [6.45, 7) is -1.78. The first-order valence-corrected chi connectivity index (χ1v) is 9.40. The van der Waals surface area contributed by atoms with Crippen molar-refractivity contribution in [3.63, 3.8) is 0 Å². The van der Waals surface area contributed by atoms with Gasteiger partial charge in [0.25, 0.3) is 5.91 Å². The van der Waals surface area contributed by atoms with E-state index in [1.165, 1.54) is 36.3 Å². The maximum atomic E-state index is 13.0. The van der Waals surface area contributed by atoms with E-state index >= 15 is 0 Å². The van der Waals surface area contributed by atoms with E-state index in [2.05, 4.69) is 9.72 Å². The Morgan fingerprint density at radius 2 is 1.87 bits per heavy atom. The summed E-state index contributed by atoms with van der Waals surface area (Å²) in [5, 5.41) is 0. The van der Waals surface area contributed by atoms with Crippen LogP contribution in [0.3, 0.4) is 0 Å². The summed E-state index contributed by atoms with van der Waals surface area (Å²) in [5.74, 6) is -0.464. The molecule has 0 spiro atoms. The largest absolute Gasteiger partial charge is 0.493 e. The molecule has 1 fully saturated rings. The van der Waals surface area contributed by atoms with Crippen molar-refractivity contribution in [2.24, 2.45) is 0 Å². The summed E-state index contributed by atoms with van der Waals surface area (Å²) in [6, 6.07) is 6.54. The van der Waals surface area contributed by atoms with Crippen LogP contribution in [0.25, 0.3) is 0 Å². The van der Waals surface area contributed by atoms with E-state index in [0.29, 0.717) is 31.9 Å². The summed E-state index contributed by atoms with van der Waals surface area (Å²) >= 11 is 0. The molecule has 0 N–H and O–H groups in total. The molecule has 1 amide bonds. The molecule has 2 heterocycles. The number of nitrogens with zero attached hydrogens (tertiary/aromatic N) is 3. The monoisotopic (exact) mass is 445 g/mol. The van der Waals surface area contributed by atoms with Crippen molar-refractivity contribution in [3.8, 4) is 11.5 Å². The van der Waals surface area contributed by atoms with Crippen LogP contribution in [0.4, 0.5) is 27.8 Å². The van der Waals surface area contributed by atoms with E-state index in [1.807, 2.05) is 0 Å². The van der Waals surface area contributed by atoms with Crippen LogP contribution in [-0.2, 0) is 6.18 Å². The number of amides is 1. The molecule has 1 aromatic carbocycles. The highest BCUT2D eigenvalue weighted by Gasteiger charge is 2.31. The third kappa shape index (κ3) is 5.33. The fourth-order valence-corrected chi connectivity index (χ4v) is 3.32. The number of ether oxygens (including phenoxy) is 2. The number of pyridine rings is 1. The molecule has 168 valence electrons. The molecule has 6 nitrogen and oxygen atoms in total. The number of methoxy groups -OCH3 is 1. The van der Waals surface area contributed by atoms with Crippen molar-refractivity contribution >= 4 is 11.7 Å². The second-order valence-electron chi connectivity index (χ2n) is 6.75. The molecule has 0 unspecified atom stereocenters. The summed E-state index contributed by atoms with van der Waals surface area (Å²) < 4.78 is 73.4. The second kappa shape index (κ2) is 9.36. The highest BCUT2D eigenvalue weighted by Crippen LogP contribution is 2.34. The Kier molecular flexibility index (Phi) is 6.81. The second-order valence-corrected chi connectivity index (χ2v) is 6.75. The van der Waals surface area contributed by atoms with Gasteiger partial charge in [-0.3, -0.25) is 4.79 Å². The molecular formula is C20H20F5N3O3. The van der Waals surface area contributed by atoms with E-state index in [1.54, 1.807) is 4.90 Å². The SMILES string of the molecule is COc1cccc(C(=O)N2CCCN(c3ccc(C(F)(F)F)cn3)CC2)c1OC(F)F. The highest BCUT2D eigenvalue weighted by molar-refractivity contribution is 5.98. The number of carbonyl (C=O) groups excluding carboxylic acids is 1. The predicted octanol–water partition coefficient (Wildman–Crippen LogP) is 4.06. The minimum absolute atomic E-state index is 0.0107. The minimum atomic E-state index is -4.47. The number of carbonyl (C=O) groups is 1. The van der Waals surface area contributed by atoms with Crippen LogP contribution in [0.2, 0.25) is 0 Å². The molecule has 0 saturated carbocycles. The van der Waals surface area contributed by atoms with Crippen LogP contribution in [0, 0.1) is 0 Å². The quantitative estimate of drug-likeness (QED) is 0.650. The van der Waals surface area contributed by atoms with Gasteiger partial charge in [-0.15, -0.1) is 0 Å². The molecule has 1 aliphatic heterocycles. The molecule has 1 aromatic heterocycles. The fourth-order valence-electron chi connectivity index (χ4n) is 3.32. The van der Waals surface area contributed by atoms with Gasteiger partial charge in [-0.2, -0.15) is 22.0 Å². The van der Waals surface area contributed by atoms with Crippen LogP contribution in [0.15, 0.2) is 36.5 Å². The molecule has 31 heavy (non-hydrogen) atoms. The topological polar surface area (TPSA) is 54.9 Å². The lowest BCUT2D eigenvalue weighted by Gasteiger charge is -2.24. The van der Waals surface area contributed by atoms with Gasteiger partial charge in [0.2, 0.25) is 0 Å². The van der Waals surface area contributed by atoms with Crippen LogP contribution in [-0.4, -0.2) is 55.7 Å². The lowest BCUT2D eigenvalue weighted by Crippen LogP contribution is -2.35. The van der Waals surface area contributed by atoms with Gasteiger partial charge in [-0.1, -0.05) is 6.07 Å². The molecule has 1 aliphatic rings. The van der Waals surface area contributed by atoms with Gasteiger partial charge < -0.3 is 19.3 Å². The zero-order valence-electron chi connectivity index (χ0n) is 16.5. The third-order valence-electron chi connectivity index (χ3n) is 4.82. The van der Waals surface area contributed by atoms with E-state index in [-0.39, 0.29) is 23.6 Å². The van der Waals surface area contributed by atoms with Crippen molar-refractivity contribution in [3.05, 3.63) is 47.7 Å². The van der Waals surface area contributed by atoms with Crippen LogP contribution in [0.5, 0.6) is 11.5 Å². The van der Waals surface area contributed by atoms with Crippen LogP contribution < -0.4 is 14.4 Å². The predicted molar refractivity (Wildman–Crippen MR) is 102 cm³/mol. The van der Waals surface area contributed by atoms with Gasteiger partial charge in [0.05, 0.1) is 18.2 Å². The number of benzene rings is 1. The van der Waals surface area contributed by atoms with Gasteiger partial charge in [0, 0.05) is 32.4 Å². The lowest BCUT2D eigenvalue weighted by atomic mass is 10.1. The highest BCUT2D eigenvalue weighted by atomic mass is 19.4. The first-order valence-electron chi connectivity index (χ1n) is 9.40. The summed E-state index contributed by atoms with van der Waals surface area (Å²) in [7, 11) is 1.28. The van der Waals surface area contributed by atoms with Crippen molar-refractivity contribution in [1.29, 1.82) is 0 Å². The number of para-hydroxylation sites is 1. The summed E-state index contributed by atoms with van der Waals surface area (Å²) in [5.41, 5.74) is -0.895. The molecular weight excluding hydrogens is 425 g/mol. The van der Waals surface area contributed by atoms with E-state index < -0.39 is 24.3 Å². The normalized spacial score (nSPS) is 15.1. The molecule has 0 bridgehead atoms. The fraction of sp³-hybridized carbons (Fsp3) is 0.400. The number of rotatable bonds is 5. The number of hydrogen-bond acceptors (Lipinski definition) is 5. The van der Waals surface area contributed by atoms with Gasteiger partial charge in [-0.05, 0) is 30.7 Å². The number of halogens is 5. The van der Waals surface area contributed by atoms with E-state index in [4.69, 9.17) is 4.74 Å². The molecule has 0 aliphatic carbocycles. The maximum Gasteiger partial charge on any atom is 0.417 e. The summed E-state index contributed by atoms with van der Waals surface area (Å²) in [6.07, 6.45) is -3.18. The molecule has 0 radical (unpaired) electrons. The lowest BCUT2D eigenvalue weighted by molar-refractivity contribution is -0.137. The molecule has 3 rings (SSSR count). The number of aromatic nitrogens is 1. The van der Waals surface area contributed by atoms with Crippen LogP contribution in [0.1, 0.15) is 22.3 Å². The van der Waals surface area contributed by atoms with Gasteiger partial charge >= 0.3 is 12.8 Å². The first-order chi connectivity index (χ1) is 14.7. The zero-order chi connectivity index (χ0) is 22.6. The Morgan fingerprint density at radius 1 is 1.10 bits per heavy atom. The smallest absolute Gasteiger partial charge is 0.417 e. The third-order valence-corrected chi connectivity index (χ3v) is 4.82. The van der Waals surface area contributed by atoms with Crippen molar-refractivity contribution < 1.29 is 36.2 Å². The Labute approximate surface area is 175 Å². The van der Waals surface area contributed by atoms with Gasteiger partial charge in [-0.25, -0.2) is 4.98 Å². The maximum absolute atomic E-state index is 13.0. The Morgan fingerprint density at radius 3 is 2.48 bits per heavy atom. The Balaban J connectivity index is 1.75. The molecule has 1 saturated heterocycles. The molecule has 11 heteroatoms. The first kappa shape index (κ1) is 22.6.